The zero-order valence-corrected chi connectivity index (χ0v) is 12.0. The number of pyridine rings is 1. The molecule has 1 aromatic heterocycles. The van der Waals surface area contributed by atoms with Gasteiger partial charge in [-0.15, -0.1) is 0 Å². The van der Waals surface area contributed by atoms with Crippen molar-refractivity contribution in [3.63, 3.8) is 0 Å². The van der Waals surface area contributed by atoms with Crippen LogP contribution in [-0.2, 0) is 6.54 Å². The van der Waals surface area contributed by atoms with Crippen LogP contribution < -0.4 is 10.5 Å². The maximum atomic E-state index is 5.81. The Kier molecular flexibility index (Phi) is 3.99. The van der Waals surface area contributed by atoms with Crippen molar-refractivity contribution in [3.8, 4) is 11.6 Å². The summed E-state index contributed by atoms with van der Waals surface area (Å²) in [7, 11) is 0. The molecule has 2 aromatic rings. The average Bonchev–Trinajstić information content (AvgIpc) is 2.36. The summed E-state index contributed by atoms with van der Waals surface area (Å²) < 4.78 is 6.91. The van der Waals surface area contributed by atoms with Gasteiger partial charge in [-0.25, -0.2) is 4.98 Å². The van der Waals surface area contributed by atoms with Gasteiger partial charge in [-0.3, -0.25) is 0 Å². The lowest BCUT2D eigenvalue weighted by molar-refractivity contribution is 0.455. The Bertz CT molecular complexity index is 546. The van der Waals surface area contributed by atoms with Crippen LogP contribution in [0.1, 0.15) is 16.7 Å². The van der Waals surface area contributed by atoms with Gasteiger partial charge in [0.15, 0.2) is 0 Å². The topological polar surface area (TPSA) is 48.1 Å². The van der Waals surface area contributed by atoms with Crippen LogP contribution in [-0.4, -0.2) is 4.98 Å². The molecule has 94 valence electrons. The van der Waals surface area contributed by atoms with E-state index in [9.17, 15) is 0 Å². The van der Waals surface area contributed by atoms with Gasteiger partial charge in [0, 0.05) is 22.8 Å². The van der Waals surface area contributed by atoms with Gasteiger partial charge in [-0.2, -0.15) is 0 Å². The number of benzene rings is 1. The van der Waals surface area contributed by atoms with E-state index in [1.807, 2.05) is 38.1 Å². The molecule has 0 amide bonds. The van der Waals surface area contributed by atoms with Gasteiger partial charge in [0.05, 0.1) is 0 Å². The van der Waals surface area contributed by atoms with E-state index < -0.39 is 0 Å². The summed E-state index contributed by atoms with van der Waals surface area (Å²) in [5.41, 5.74) is 8.83. The SMILES string of the molecule is Cc1cc(Oc2ncccc2CN)cc(C)c1Br. The molecular weight excluding hydrogens is 292 g/mol. The van der Waals surface area contributed by atoms with Crippen LogP contribution in [0.15, 0.2) is 34.9 Å². The van der Waals surface area contributed by atoms with Crippen molar-refractivity contribution in [2.75, 3.05) is 0 Å². The van der Waals surface area contributed by atoms with Crippen molar-refractivity contribution < 1.29 is 4.74 Å². The highest BCUT2D eigenvalue weighted by molar-refractivity contribution is 9.10. The Labute approximate surface area is 115 Å². The summed E-state index contributed by atoms with van der Waals surface area (Å²) in [6, 6.07) is 7.73. The number of nitrogens with zero attached hydrogens (tertiary/aromatic N) is 1. The summed E-state index contributed by atoms with van der Waals surface area (Å²) >= 11 is 3.54. The molecule has 2 rings (SSSR count). The molecule has 1 aromatic carbocycles. The minimum absolute atomic E-state index is 0.414. The third-order valence-electron chi connectivity index (χ3n) is 2.69. The molecule has 0 radical (unpaired) electrons. The van der Waals surface area contributed by atoms with Crippen LogP contribution in [0.4, 0.5) is 0 Å². The second kappa shape index (κ2) is 5.50. The van der Waals surface area contributed by atoms with Crippen LogP contribution in [0.2, 0.25) is 0 Å². The highest BCUT2D eigenvalue weighted by Gasteiger charge is 2.07. The number of nitrogens with two attached hydrogens (primary N) is 1. The van der Waals surface area contributed by atoms with E-state index in [1.54, 1.807) is 6.20 Å². The molecule has 0 saturated carbocycles. The first-order valence-corrected chi connectivity index (χ1v) is 6.49. The Balaban J connectivity index is 2.34. The van der Waals surface area contributed by atoms with Gasteiger partial charge in [-0.05, 0) is 43.2 Å². The first-order valence-electron chi connectivity index (χ1n) is 5.70. The van der Waals surface area contributed by atoms with E-state index in [0.717, 1.165) is 26.9 Å². The Morgan fingerprint density at radius 2 is 1.94 bits per heavy atom. The summed E-state index contributed by atoms with van der Waals surface area (Å²) in [5.74, 6) is 1.35. The Morgan fingerprint density at radius 3 is 2.56 bits per heavy atom. The lowest BCUT2D eigenvalue weighted by atomic mass is 10.1. The third-order valence-corrected chi connectivity index (χ3v) is 3.95. The van der Waals surface area contributed by atoms with Crippen molar-refractivity contribution in [2.45, 2.75) is 20.4 Å². The summed E-state index contributed by atoms with van der Waals surface area (Å²) in [6.45, 7) is 4.48. The molecule has 0 aliphatic heterocycles. The number of rotatable bonds is 3. The molecule has 3 nitrogen and oxygen atoms in total. The van der Waals surface area contributed by atoms with E-state index in [1.165, 1.54) is 0 Å². The fourth-order valence-corrected chi connectivity index (χ4v) is 1.98. The van der Waals surface area contributed by atoms with E-state index >= 15 is 0 Å². The highest BCUT2D eigenvalue weighted by Crippen LogP contribution is 2.29. The first kappa shape index (κ1) is 13.1. The monoisotopic (exact) mass is 306 g/mol. The number of aryl methyl sites for hydroxylation is 2. The van der Waals surface area contributed by atoms with Crippen molar-refractivity contribution in [3.05, 3.63) is 51.6 Å². The predicted octanol–water partition coefficient (Wildman–Crippen LogP) is 3.71. The van der Waals surface area contributed by atoms with Gasteiger partial charge < -0.3 is 10.5 Å². The fourth-order valence-electron chi connectivity index (χ4n) is 1.75. The smallest absolute Gasteiger partial charge is 0.223 e. The van der Waals surface area contributed by atoms with Crippen molar-refractivity contribution in [2.24, 2.45) is 5.73 Å². The van der Waals surface area contributed by atoms with Gasteiger partial charge in [-0.1, -0.05) is 22.0 Å². The quantitative estimate of drug-likeness (QED) is 0.940. The van der Waals surface area contributed by atoms with E-state index in [4.69, 9.17) is 10.5 Å². The van der Waals surface area contributed by atoms with E-state index in [-0.39, 0.29) is 0 Å². The standard InChI is InChI=1S/C14H15BrN2O/c1-9-6-12(7-10(2)13(9)15)18-14-11(8-16)4-3-5-17-14/h3-7H,8,16H2,1-2H3. The zero-order valence-electron chi connectivity index (χ0n) is 10.4. The minimum Gasteiger partial charge on any atom is -0.439 e. The van der Waals surface area contributed by atoms with Gasteiger partial charge in [0.2, 0.25) is 5.88 Å². The van der Waals surface area contributed by atoms with Gasteiger partial charge >= 0.3 is 0 Å². The normalized spacial score (nSPS) is 10.4. The molecule has 1 heterocycles. The molecule has 0 aliphatic rings. The lowest BCUT2D eigenvalue weighted by Gasteiger charge is -2.11. The van der Waals surface area contributed by atoms with Gasteiger partial charge in [0.1, 0.15) is 5.75 Å². The average molecular weight is 307 g/mol. The number of hydrogen-bond acceptors (Lipinski definition) is 3. The maximum absolute atomic E-state index is 5.81. The zero-order chi connectivity index (χ0) is 13.1. The molecule has 0 aliphatic carbocycles. The number of aromatic nitrogens is 1. The molecule has 0 atom stereocenters. The Morgan fingerprint density at radius 1 is 1.28 bits per heavy atom. The minimum atomic E-state index is 0.414. The first-order chi connectivity index (χ1) is 8.61. The second-order valence-electron chi connectivity index (χ2n) is 4.14. The molecule has 0 fully saturated rings. The highest BCUT2D eigenvalue weighted by atomic mass is 79.9. The summed E-state index contributed by atoms with van der Waals surface area (Å²) in [4.78, 5) is 4.21. The maximum Gasteiger partial charge on any atom is 0.223 e. The molecule has 0 spiro atoms. The predicted molar refractivity (Wildman–Crippen MR) is 75.8 cm³/mol. The molecule has 18 heavy (non-hydrogen) atoms. The van der Waals surface area contributed by atoms with Crippen molar-refractivity contribution in [1.82, 2.24) is 4.98 Å². The molecule has 0 unspecified atom stereocenters. The number of hydrogen-bond donors (Lipinski definition) is 1. The fraction of sp³-hybridized carbons (Fsp3) is 0.214. The third kappa shape index (κ3) is 2.71. The molecule has 2 N–H and O–H groups in total. The van der Waals surface area contributed by atoms with Crippen LogP contribution in [0.3, 0.4) is 0 Å². The largest absolute Gasteiger partial charge is 0.439 e. The van der Waals surface area contributed by atoms with E-state index in [0.29, 0.717) is 12.4 Å². The van der Waals surface area contributed by atoms with Crippen LogP contribution in [0.25, 0.3) is 0 Å². The number of ether oxygens (including phenoxy) is 1. The van der Waals surface area contributed by atoms with Crippen LogP contribution in [0, 0.1) is 13.8 Å². The summed E-state index contributed by atoms with van der Waals surface area (Å²) in [5, 5.41) is 0. The molecule has 0 saturated heterocycles. The van der Waals surface area contributed by atoms with Crippen LogP contribution in [0.5, 0.6) is 11.6 Å². The van der Waals surface area contributed by atoms with Crippen molar-refractivity contribution >= 4 is 15.9 Å². The summed E-state index contributed by atoms with van der Waals surface area (Å²) in [6.07, 6.45) is 1.70. The number of halogens is 1. The molecule has 0 bridgehead atoms. The van der Waals surface area contributed by atoms with Crippen molar-refractivity contribution in [1.29, 1.82) is 0 Å². The van der Waals surface area contributed by atoms with Crippen LogP contribution >= 0.6 is 15.9 Å². The lowest BCUT2D eigenvalue weighted by Crippen LogP contribution is -2.01. The Hall–Kier alpha value is -1.39. The van der Waals surface area contributed by atoms with E-state index in [2.05, 4.69) is 20.9 Å². The molecule has 4 heteroatoms. The molecular formula is C14H15BrN2O. The van der Waals surface area contributed by atoms with Gasteiger partial charge in [0.25, 0.3) is 0 Å². The second-order valence-corrected chi connectivity index (χ2v) is 4.94.